The summed E-state index contributed by atoms with van der Waals surface area (Å²) in [6.07, 6.45) is 8.61. The highest BCUT2D eigenvalue weighted by molar-refractivity contribution is 5.94. The van der Waals surface area contributed by atoms with Crippen LogP contribution in [0.25, 0.3) is 0 Å². The van der Waals surface area contributed by atoms with Crippen LogP contribution in [0.15, 0.2) is 30.3 Å². The van der Waals surface area contributed by atoms with Gasteiger partial charge in [0, 0.05) is 12.6 Å². The minimum Gasteiger partial charge on any atom is -0.444 e. The van der Waals surface area contributed by atoms with Crippen molar-refractivity contribution < 1.29 is 23.9 Å². The van der Waals surface area contributed by atoms with Gasteiger partial charge >= 0.3 is 6.09 Å². The Kier molecular flexibility index (Phi) is 13.3. The van der Waals surface area contributed by atoms with Gasteiger partial charge in [-0.15, -0.1) is 0 Å². The lowest BCUT2D eigenvalue weighted by Gasteiger charge is -2.35. The summed E-state index contributed by atoms with van der Waals surface area (Å²) in [6.45, 7) is 7.56. The summed E-state index contributed by atoms with van der Waals surface area (Å²) in [4.78, 5) is 54.0. The second-order valence-corrected chi connectivity index (χ2v) is 11.5. The molecular weight excluding hydrogens is 496 g/mol. The summed E-state index contributed by atoms with van der Waals surface area (Å²) in [7, 11) is 0. The monoisotopic (exact) mass is 544 g/mol. The maximum atomic E-state index is 14.1. The predicted molar refractivity (Wildman–Crippen MR) is 152 cm³/mol. The van der Waals surface area contributed by atoms with Gasteiger partial charge in [0.25, 0.3) is 0 Å². The van der Waals surface area contributed by atoms with E-state index < -0.39 is 42.0 Å². The first-order chi connectivity index (χ1) is 18.5. The molecule has 0 radical (unpaired) electrons. The van der Waals surface area contributed by atoms with Crippen LogP contribution in [-0.2, 0) is 19.1 Å². The van der Waals surface area contributed by atoms with Crippen molar-refractivity contribution >= 4 is 23.8 Å². The van der Waals surface area contributed by atoms with Gasteiger partial charge in [0.1, 0.15) is 17.7 Å². The first kappa shape index (κ1) is 32.1. The number of unbranched alkanes of at least 4 members (excludes halogenated alkanes) is 4. The second kappa shape index (κ2) is 16.1. The van der Waals surface area contributed by atoms with E-state index in [-0.39, 0.29) is 11.9 Å². The van der Waals surface area contributed by atoms with Gasteiger partial charge in [0.05, 0.1) is 6.42 Å². The van der Waals surface area contributed by atoms with Gasteiger partial charge in [-0.05, 0) is 45.6 Å². The van der Waals surface area contributed by atoms with Crippen molar-refractivity contribution in [3.8, 4) is 0 Å². The number of alkyl carbamates (subject to hydrolysis) is 1. The van der Waals surface area contributed by atoms with Crippen molar-refractivity contribution in [1.29, 1.82) is 0 Å². The van der Waals surface area contributed by atoms with Crippen LogP contribution in [0, 0.1) is 0 Å². The van der Waals surface area contributed by atoms with Gasteiger partial charge in [0.15, 0.2) is 0 Å². The Hall–Kier alpha value is -3.10. The van der Waals surface area contributed by atoms with Gasteiger partial charge in [-0.1, -0.05) is 82.2 Å². The zero-order valence-electron chi connectivity index (χ0n) is 24.2. The van der Waals surface area contributed by atoms with Crippen molar-refractivity contribution in [1.82, 2.24) is 15.5 Å². The average Bonchev–Trinajstić information content (AvgIpc) is 2.87. The quantitative estimate of drug-likeness (QED) is 0.291. The number of carbonyl (C=O) groups is 4. The molecular formula is C30H48N4O5. The minimum atomic E-state index is -1.26. The van der Waals surface area contributed by atoms with E-state index in [1.165, 1.54) is 4.90 Å². The number of ether oxygens (including phenoxy) is 1. The lowest BCUT2D eigenvalue weighted by molar-refractivity contribution is -0.143. The number of hydrogen-bond donors (Lipinski definition) is 3. The lowest BCUT2D eigenvalue weighted by Crippen LogP contribution is -2.55. The predicted octanol–water partition coefficient (Wildman–Crippen LogP) is 4.74. The molecule has 0 heterocycles. The van der Waals surface area contributed by atoms with Crippen molar-refractivity contribution in [2.24, 2.45) is 5.73 Å². The molecule has 2 atom stereocenters. The second-order valence-electron chi connectivity index (χ2n) is 11.5. The Balaban J connectivity index is 2.41. The maximum Gasteiger partial charge on any atom is 0.408 e. The van der Waals surface area contributed by atoms with E-state index >= 15 is 0 Å². The maximum absolute atomic E-state index is 14.1. The smallest absolute Gasteiger partial charge is 0.408 e. The summed E-state index contributed by atoms with van der Waals surface area (Å²) in [5.74, 6) is -1.54. The van der Waals surface area contributed by atoms with Crippen LogP contribution in [-0.4, -0.2) is 52.9 Å². The van der Waals surface area contributed by atoms with E-state index in [4.69, 9.17) is 10.5 Å². The SMILES string of the molecule is CCCCCCCN(C(=O)C(CC(N)=O)NC(=O)OC(C)(C)C)C(C(=O)NC1CCCCC1)c1ccccc1. The highest BCUT2D eigenvalue weighted by Gasteiger charge is 2.37. The molecule has 0 aromatic heterocycles. The fourth-order valence-electron chi connectivity index (χ4n) is 4.94. The molecule has 2 unspecified atom stereocenters. The van der Waals surface area contributed by atoms with E-state index in [1.54, 1.807) is 20.8 Å². The first-order valence-electron chi connectivity index (χ1n) is 14.5. The molecule has 0 bridgehead atoms. The third-order valence-electron chi connectivity index (χ3n) is 6.81. The van der Waals surface area contributed by atoms with E-state index in [9.17, 15) is 19.2 Å². The number of benzene rings is 1. The van der Waals surface area contributed by atoms with Gasteiger partial charge in [-0.25, -0.2) is 4.79 Å². The van der Waals surface area contributed by atoms with Crippen LogP contribution in [0.4, 0.5) is 4.79 Å². The number of rotatable bonds is 14. The molecule has 0 saturated heterocycles. The van der Waals surface area contributed by atoms with Crippen LogP contribution in [0.3, 0.4) is 0 Å². The highest BCUT2D eigenvalue weighted by atomic mass is 16.6. The van der Waals surface area contributed by atoms with Crippen LogP contribution >= 0.6 is 0 Å². The Labute approximate surface area is 233 Å². The molecule has 1 aromatic rings. The highest BCUT2D eigenvalue weighted by Crippen LogP contribution is 2.26. The number of hydrogen-bond acceptors (Lipinski definition) is 5. The van der Waals surface area contributed by atoms with Gasteiger partial charge in [-0.2, -0.15) is 0 Å². The fraction of sp³-hybridized carbons (Fsp3) is 0.667. The molecule has 0 spiro atoms. The van der Waals surface area contributed by atoms with E-state index in [1.807, 2.05) is 30.3 Å². The summed E-state index contributed by atoms with van der Waals surface area (Å²) < 4.78 is 5.35. The molecule has 1 aliphatic carbocycles. The number of amides is 4. The van der Waals surface area contributed by atoms with Crippen LogP contribution in [0.1, 0.15) is 110 Å². The summed E-state index contributed by atoms with van der Waals surface area (Å²) >= 11 is 0. The van der Waals surface area contributed by atoms with Crippen molar-refractivity contribution in [3.05, 3.63) is 35.9 Å². The van der Waals surface area contributed by atoms with Crippen LogP contribution < -0.4 is 16.4 Å². The van der Waals surface area contributed by atoms with Crippen LogP contribution in [0.5, 0.6) is 0 Å². The molecule has 1 saturated carbocycles. The first-order valence-corrected chi connectivity index (χ1v) is 14.5. The Morgan fingerprint density at radius 2 is 1.64 bits per heavy atom. The molecule has 4 amide bonds. The summed E-state index contributed by atoms with van der Waals surface area (Å²) in [5.41, 5.74) is 5.35. The molecule has 1 fully saturated rings. The molecule has 39 heavy (non-hydrogen) atoms. The normalized spacial score (nSPS) is 15.6. The number of carbonyl (C=O) groups excluding carboxylic acids is 4. The molecule has 4 N–H and O–H groups in total. The molecule has 0 aliphatic heterocycles. The van der Waals surface area contributed by atoms with Gasteiger partial charge < -0.3 is 26.0 Å². The summed E-state index contributed by atoms with van der Waals surface area (Å²) in [5, 5.41) is 5.72. The van der Waals surface area contributed by atoms with E-state index in [0.29, 0.717) is 18.5 Å². The number of nitrogens with one attached hydrogen (secondary N) is 2. The standard InChI is InChI=1S/C30H48N4O5/c1-5-6-7-8-15-20-34(28(37)24(21-25(31)35)33-29(38)39-30(2,3)4)26(22-16-11-9-12-17-22)27(36)32-23-18-13-10-14-19-23/h9,11-12,16-17,23-24,26H,5-8,10,13-15,18-21H2,1-4H3,(H2,31,35)(H,32,36)(H,33,38). The Morgan fingerprint density at radius 1 is 1.00 bits per heavy atom. The van der Waals surface area contributed by atoms with Crippen molar-refractivity contribution in [2.75, 3.05) is 6.54 Å². The average molecular weight is 545 g/mol. The molecule has 9 heteroatoms. The Bertz CT molecular complexity index is 925. The molecule has 1 aliphatic rings. The minimum absolute atomic E-state index is 0.0558. The zero-order valence-corrected chi connectivity index (χ0v) is 24.2. The van der Waals surface area contributed by atoms with E-state index in [0.717, 1.165) is 57.8 Å². The van der Waals surface area contributed by atoms with Gasteiger partial charge in [-0.3, -0.25) is 14.4 Å². The molecule has 218 valence electrons. The number of nitrogens with zero attached hydrogens (tertiary/aromatic N) is 1. The number of nitrogens with two attached hydrogens (primary N) is 1. The van der Waals surface area contributed by atoms with E-state index in [2.05, 4.69) is 17.6 Å². The summed E-state index contributed by atoms with van der Waals surface area (Å²) in [6, 6.07) is 7.06. The number of primary amides is 1. The third kappa shape index (κ3) is 11.7. The lowest BCUT2D eigenvalue weighted by atomic mass is 9.94. The molecule has 2 rings (SSSR count). The molecule has 9 nitrogen and oxygen atoms in total. The largest absolute Gasteiger partial charge is 0.444 e. The Morgan fingerprint density at radius 3 is 2.23 bits per heavy atom. The van der Waals surface area contributed by atoms with Crippen LogP contribution in [0.2, 0.25) is 0 Å². The topological polar surface area (TPSA) is 131 Å². The molecule has 1 aromatic carbocycles. The van der Waals surface area contributed by atoms with Crippen molar-refractivity contribution in [3.63, 3.8) is 0 Å². The van der Waals surface area contributed by atoms with Gasteiger partial charge in [0.2, 0.25) is 17.7 Å². The zero-order chi connectivity index (χ0) is 28.8. The fourth-order valence-corrected chi connectivity index (χ4v) is 4.94. The van der Waals surface area contributed by atoms with Crippen molar-refractivity contribution in [2.45, 2.75) is 122 Å². The third-order valence-corrected chi connectivity index (χ3v) is 6.81.